The van der Waals surface area contributed by atoms with Crippen molar-refractivity contribution in [2.45, 2.75) is 25.7 Å². The lowest BCUT2D eigenvalue weighted by molar-refractivity contribution is -0.130. The number of piperazine rings is 1. The molecule has 1 aliphatic heterocycles. The first-order valence-corrected chi connectivity index (χ1v) is 9.77. The molecule has 7 heteroatoms. The molecule has 1 saturated heterocycles. The number of fused-ring (bicyclic) bond motifs is 1. The van der Waals surface area contributed by atoms with E-state index in [1.807, 2.05) is 23.1 Å². The van der Waals surface area contributed by atoms with E-state index in [0.717, 1.165) is 43.0 Å². The maximum atomic E-state index is 12.7. The zero-order valence-electron chi connectivity index (χ0n) is 16.5. The van der Waals surface area contributed by atoms with E-state index < -0.39 is 0 Å². The number of methoxy groups -OCH3 is 2. The fraction of sp³-hybridized carbons (Fsp3) is 0.476. The number of carbonyl (C=O) groups is 1. The predicted molar refractivity (Wildman–Crippen MR) is 106 cm³/mol. The van der Waals surface area contributed by atoms with E-state index in [-0.39, 0.29) is 5.91 Å². The van der Waals surface area contributed by atoms with E-state index in [9.17, 15) is 4.79 Å². The SMILES string of the molecule is COc1ccc(CC(=O)N2CCN(c3cc4c(nn3)CCC4)CC2)cc1OC. The Morgan fingerprint density at radius 3 is 2.54 bits per heavy atom. The minimum absolute atomic E-state index is 0.131. The van der Waals surface area contributed by atoms with Gasteiger partial charge in [0.05, 0.1) is 26.3 Å². The zero-order chi connectivity index (χ0) is 19.5. The molecule has 0 atom stereocenters. The molecule has 1 fully saturated rings. The Hall–Kier alpha value is -2.83. The molecule has 1 aromatic heterocycles. The Morgan fingerprint density at radius 2 is 1.79 bits per heavy atom. The molecule has 148 valence electrons. The lowest BCUT2D eigenvalue weighted by Crippen LogP contribution is -2.49. The van der Waals surface area contributed by atoms with Crippen LogP contribution in [-0.4, -0.2) is 61.4 Å². The second-order valence-corrected chi connectivity index (χ2v) is 7.26. The number of amides is 1. The van der Waals surface area contributed by atoms with Crippen LogP contribution in [0.15, 0.2) is 24.3 Å². The number of hydrogen-bond donors (Lipinski definition) is 0. The molecule has 0 saturated carbocycles. The fourth-order valence-electron chi connectivity index (χ4n) is 3.93. The normalized spacial score (nSPS) is 16.1. The molecule has 2 aromatic rings. The predicted octanol–water partition coefficient (Wildman–Crippen LogP) is 1.87. The van der Waals surface area contributed by atoms with Crippen LogP contribution in [0.2, 0.25) is 0 Å². The first kappa shape index (κ1) is 18.5. The second kappa shape index (κ2) is 8.04. The van der Waals surface area contributed by atoms with Crippen molar-refractivity contribution in [2.24, 2.45) is 0 Å². The summed E-state index contributed by atoms with van der Waals surface area (Å²) < 4.78 is 10.6. The Kier molecular flexibility index (Phi) is 5.32. The molecule has 0 bridgehead atoms. The van der Waals surface area contributed by atoms with Gasteiger partial charge in [-0.25, -0.2) is 0 Å². The molecule has 7 nitrogen and oxygen atoms in total. The van der Waals surface area contributed by atoms with Crippen molar-refractivity contribution in [3.8, 4) is 11.5 Å². The summed E-state index contributed by atoms with van der Waals surface area (Å²) in [6.07, 6.45) is 3.67. The van der Waals surface area contributed by atoms with Gasteiger partial charge in [0.15, 0.2) is 17.3 Å². The molecule has 0 N–H and O–H groups in total. The van der Waals surface area contributed by atoms with Gasteiger partial charge in [-0.05, 0) is 48.6 Å². The Bertz CT molecular complexity index is 863. The molecule has 1 aromatic carbocycles. The minimum atomic E-state index is 0.131. The summed E-state index contributed by atoms with van der Waals surface area (Å²) >= 11 is 0. The smallest absolute Gasteiger partial charge is 0.227 e. The van der Waals surface area contributed by atoms with Gasteiger partial charge in [-0.2, -0.15) is 5.10 Å². The monoisotopic (exact) mass is 382 g/mol. The molecule has 1 amide bonds. The van der Waals surface area contributed by atoms with Gasteiger partial charge in [0.1, 0.15) is 0 Å². The van der Waals surface area contributed by atoms with Gasteiger partial charge in [-0.3, -0.25) is 4.79 Å². The fourth-order valence-corrected chi connectivity index (χ4v) is 3.93. The van der Waals surface area contributed by atoms with Gasteiger partial charge >= 0.3 is 0 Å². The Labute approximate surface area is 165 Å². The molecule has 2 aliphatic rings. The number of aromatic nitrogens is 2. The lowest BCUT2D eigenvalue weighted by Gasteiger charge is -2.35. The molecule has 0 unspecified atom stereocenters. The van der Waals surface area contributed by atoms with Gasteiger partial charge in [0.25, 0.3) is 0 Å². The molecule has 4 rings (SSSR count). The van der Waals surface area contributed by atoms with Crippen LogP contribution in [0.4, 0.5) is 5.82 Å². The number of hydrogen-bond acceptors (Lipinski definition) is 6. The van der Waals surface area contributed by atoms with Gasteiger partial charge in [-0.15, -0.1) is 5.10 Å². The van der Waals surface area contributed by atoms with Gasteiger partial charge in [0.2, 0.25) is 5.91 Å². The quantitative estimate of drug-likeness (QED) is 0.787. The van der Waals surface area contributed by atoms with Crippen LogP contribution in [0.25, 0.3) is 0 Å². The molecule has 1 aliphatic carbocycles. The van der Waals surface area contributed by atoms with E-state index in [4.69, 9.17) is 9.47 Å². The maximum Gasteiger partial charge on any atom is 0.227 e. The second-order valence-electron chi connectivity index (χ2n) is 7.26. The summed E-state index contributed by atoms with van der Waals surface area (Å²) in [7, 11) is 3.21. The van der Waals surface area contributed by atoms with Crippen LogP contribution in [0.1, 0.15) is 23.2 Å². The number of anilines is 1. The van der Waals surface area contributed by atoms with Crippen LogP contribution >= 0.6 is 0 Å². The van der Waals surface area contributed by atoms with Crippen molar-refractivity contribution in [2.75, 3.05) is 45.3 Å². The highest BCUT2D eigenvalue weighted by Gasteiger charge is 2.24. The largest absolute Gasteiger partial charge is 0.493 e. The van der Waals surface area contributed by atoms with Crippen molar-refractivity contribution in [1.82, 2.24) is 15.1 Å². The summed E-state index contributed by atoms with van der Waals surface area (Å²) in [5.41, 5.74) is 3.40. The van der Waals surface area contributed by atoms with Crippen molar-refractivity contribution in [3.05, 3.63) is 41.1 Å². The molecule has 28 heavy (non-hydrogen) atoms. The first-order valence-electron chi connectivity index (χ1n) is 9.77. The van der Waals surface area contributed by atoms with Crippen LogP contribution in [0, 0.1) is 0 Å². The Morgan fingerprint density at radius 1 is 1.00 bits per heavy atom. The molecule has 0 spiro atoms. The van der Waals surface area contributed by atoms with Crippen molar-refractivity contribution in [3.63, 3.8) is 0 Å². The summed E-state index contributed by atoms with van der Waals surface area (Å²) in [5.74, 6) is 2.38. The van der Waals surface area contributed by atoms with E-state index in [1.54, 1.807) is 14.2 Å². The highest BCUT2D eigenvalue weighted by molar-refractivity contribution is 5.79. The Balaban J connectivity index is 1.35. The standard InChI is InChI=1S/C21H26N4O3/c1-27-18-7-6-15(12-19(18)28-2)13-21(26)25-10-8-24(9-11-25)20-14-16-4-3-5-17(16)22-23-20/h6-7,12,14H,3-5,8-11,13H2,1-2H3. The highest BCUT2D eigenvalue weighted by Crippen LogP contribution is 2.28. The van der Waals surface area contributed by atoms with Crippen LogP contribution < -0.4 is 14.4 Å². The van der Waals surface area contributed by atoms with Gasteiger partial charge in [-0.1, -0.05) is 6.07 Å². The third-order valence-electron chi connectivity index (χ3n) is 5.57. The maximum absolute atomic E-state index is 12.7. The third kappa shape index (κ3) is 3.74. The average molecular weight is 382 g/mol. The summed E-state index contributed by atoms with van der Waals surface area (Å²) in [6.45, 7) is 2.96. The van der Waals surface area contributed by atoms with E-state index in [1.165, 1.54) is 12.0 Å². The molecular weight excluding hydrogens is 356 g/mol. The van der Waals surface area contributed by atoms with Crippen LogP contribution in [0.3, 0.4) is 0 Å². The first-order chi connectivity index (χ1) is 13.7. The summed E-state index contributed by atoms with van der Waals surface area (Å²) in [5, 5.41) is 8.77. The number of nitrogens with zero attached hydrogens (tertiary/aromatic N) is 4. The van der Waals surface area contributed by atoms with Crippen LogP contribution in [-0.2, 0) is 24.1 Å². The average Bonchev–Trinajstić information content (AvgIpc) is 3.21. The number of benzene rings is 1. The van der Waals surface area contributed by atoms with Gasteiger partial charge in [0, 0.05) is 26.2 Å². The highest BCUT2D eigenvalue weighted by atomic mass is 16.5. The van der Waals surface area contributed by atoms with E-state index >= 15 is 0 Å². The summed E-state index contributed by atoms with van der Waals surface area (Å²) in [6, 6.07) is 7.80. The van der Waals surface area contributed by atoms with Crippen LogP contribution in [0.5, 0.6) is 11.5 Å². The van der Waals surface area contributed by atoms with E-state index in [2.05, 4.69) is 21.2 Å². The third-order valence-corrected chi connectivity index (χ3v) is 5.57. The summed E-state index contributed by atoms with van der Waals surface area (Å²) in [4.78, 5) is 16.9. The van der Waals surface area contributed by atoms with Crippen molar-refractivity contribution in [1.29, 1.82) is 0 Å². The topological polar surface area (TPSA) is 67.8 Å². The van der Waals surface area contributed by atoms with Crippen molar-refractivity contribution >= 4 is 11.7 Å². The van der Waals surface area contributed by atoms with Gasteiger partial charge < -0.3 is 19.3 Å². The zero-order valence-corrected chi connectivity index (χ0v) is 16.5. The lowest BCUT2D eigenvalue weighted by atomic mass is 10.1. The number of rotatable bonds is 5. The number of carbonyl (C=O) groups excluding carboxylic acids is 1. The van der Waals surface area contributed by atoms with E-state index in [0.29, 0.717) is 31.0 Å². The minimum Gasteiger partial charge on any atom is -0.493 e. The molecular formula is C21H26N4O3. The number of aryl methyl sites for hydroxylation is 2. The molecule has 2 heterocycles. The molecule has 0 radical (unpaired) electrons. The van der Waals surface area contributed by atoms with Crippen molar-refractivity contribution < 1.29 is 14.3 Å². The number of ether oxygens (including phenoxy) is 2.